The lowest BCUT2D eigenvalue weighted by Gasteiger charge is -2.33. The van der Waals surface area contributed by atoms with E-state index in [0.29, 0.717) is 0 Å². The monoisotopic (exact) mass is 455 g/mol. The normalized spacial score (nSPS) is 13.9. The molecular weight excluding hydrogens is 422 g/mol. The van der Waals surface area contributed by atoms with Crippen molar-refractivity contribution in [2.75, 3.05) is 50.5 Å². The molecule has 0 spiro atoms. The molecule has 7 nitrogen and oxygen atoms in total. The number of piperazine rings is 1. The number of allylic oxidation sites excluding steroid dienone is 1. The van der Waals surface area contributed by atoms with Crippen molar-refractivity contribution < 1.29 is 0 Å². The molecule has 5 rings (SSSR count). The number of anilines is 2. The fourth-order valence-electron chi connectivity index (χ4n) is 3.99. The summed E-state index contributed by atoms with van der Waals surface area (Å²) in [4.78, 5) is 13.5. The molecule has 0 aliphatic carbocycles. The van der Waals surface area contributed by atoms with E-state index in [1.165, 1.54) is 16.5 Å². The second-order valence-electron chi connectivity index (χ2n) is 8.59. The number of fused-ring (bicyclic) bond motifs is 1. The molecule has 4 aromatic rings. The van der Waals surface area contributed by atoms with E-state index in [1.807, 2.05) is 49.6 Å². The average Bonchev–Trinajstić information content (AvgIpc) is 3.31. The van der Waals surface area contributed by atoms with Gasteiger partial charge in [-0.2, -0.15) is 5.10 Å². The lowest BCUT2D eigenvalue weighted by atomic mass is 10.1. The first-order chi connectivity index (χ1) is 16.6. The molecule has 176 valence electrons. The Labute approximate surface area is 201 Å². The van der Waals surface area contributed by atoms with Crippen molar-refractivity contribution in [3.8, 4) is 11.1 Å². The van der Waals surface area contributed by atoms with E-state index >= 15 is 0 Å². The molecule has 1 fully saturated rings. The molecule has 1 aliphatic rings. The summed E-state index contributed by atoms with van der Waals surface area (Å²) < 4.78 is 1.81. The fraction of sp³-hybridized carbons (Fsp3) is 0.296. The van der Waals surface area contributed by atoms with Crippen molar-refractivity contribution in [1.29, 1.82) is 0 Å². The molecule has 34 heavy (non-hydrogen) atoms. The van der Waals surface area contributed by atoms with Crippen LogP contribution in [0.2, 0.25) is 0 Å². The predicted molar refractivity (Wildman–Crippen MR) is 141 cm³/mol. The smallest absolute Gasteiger partial charge is 0.128 e. The Hall–Kier alpha value is -3.71. The lowest BCUT2D eigenvalue weighted by molar-refractivity contribution is 0.312. The molecule has 0 radical (unpaired) electrons. The summed E-state index contributed by atoms with van der Waals surface area (Å²) in [6.45, 7) is 8.15. The molecule has 0 atom stereocenters. The number of hydrogen-bond donors (Lipinski definition) is 1. The number of pyridine rings is 2. The third-order valence-electron chi connectivity index (χ3n) is 6.03. The van der Waals surface area contributed by atoms with Crippen LogP contribution in [0.25, 0.3) is 21.9 Å². The summed E-state index contributed by atoms with van der Waals surface area (Å²) in [5.41, 5.74) is 3.59. The molecule has 0 amide bonds. The van der Waals surface area contributed by atoms with E-state index in [1.54, 1.807) is 0 Å². The van der Waals surface area contributed by atoms with Gasteiger partial charge in [0.1, 0.15) is 11.6 Å². The van der Waals surface area contributed by atoms with Crippen LogP contribution in [-0.2, 0) is 13.5 Å². The molecule has 0 saturated carbocycles. The van der Waals surface area contributed by atoms with Crippen molar-refractivity contribution in [2.24, 2.45) is 7.05 Å². The minimum Gasteiger partial charge on any atom is -0.373 e. The zero-order chi connectivity index (χ0) is 23.9. The van der Waals surface area contributed by atoms with Gasteiger partial charge in [0.15, 0.2) is 0 Å². The van der Waals surface area contributed by atoms with Crippen molar-refractivity contribution in [1.82, 2.24) is 24.6 Å². The van der Waals surface area contributed by atoms with Crippen LogP contribution in [0.3, 0.4) is 0 Å². The maximum absolute atomic E-state index is 4.44. The number of aryl methyl sites for hydroxylation is 1. The number of hydrogen-bond acceptors (Lipinski definition) is 6. The number of rotatable bonds is 5. The van der Waals surface area contributed by atoms with Gasteiger partial charge in [0.05, 0.1) is 6.20 Å². The quantitative estimate of drug-likeness (QED) is 0.454. The minimum atomic E-state index is 0.880. The summed E-state index contributed by atoms with van der Waals surface area (Å²) in [5, 5.41) is 9.57. The van der Waals surface area contributed by atoms with Crippen LogP contribution in [0.5, 0.6) is 0 Å². The highest BCUT2D eigenvalue weighted by Crippen LogP contribution is 2.25. The Morgan fingerprint density at radius 3 is 2.47 bits per heavy atom. The molecule has 0 unspecified atom stereocenters. The van der Waals surface area contributed by atoms with Crippen LogP contribution in [-0.4, -0.2) is 64.9 Å². The average molecular weight is 456 g/mol. The standard InChI is InChI=1S/C14H14N4.C13H19N3/c1-15-14-6-12-5-10(3-4-11(12)7-16-14)13-8-17-18(2)9-13;1-3-4-12-5-6-14-13(11-12)16-9-7-15(2)8-10-16/h3-9H,1-2H3,(H,15,16);3,5-6,11H,1,4,7-10H2,2H3. The van der Waals surface area contributed by atoms with Gasteiger partial charge in [-0.15, -0.1) is 6.58 Å². The van der Waals surface area contributed by atoms with Crippen LogP contribution < -0.4 is 10.2 Å². The fourth-order valence-corrected chi connectivity index (χ4v) is 3.99. The van der Waals surface area contributed by atoms with Crippen LogP contribution in [0, 0.1) is 0 Å². The Kier molecular flexibility index (Phi) is 7.54. The first-order valence-corrected chi connectivity index (χ1v) is 11.6. The number of nitrogens with zero attached hydrogens (tertiary/aromatic N) is 6. The summed E-state index contributed by atoms with van der Waals surface area (Å²) in [6.07, 6.45) is 10.5. The Bertz CT molecular complexity index is 1240. The van der Waals surface area contributed by atoms with E-state index in [0.717, 1.165) is 55.2 Å². The molecular formula is C27H33N7. The highest BCUT2D eigenvalue weighted by Gasteiger charge is 2.15. The van der Waals surface area contributed by atoms with Crippen LogP contribution in [0.4, 0.5) is 11.6 Å². The number of aromatic nitrogens is 4. The zero-order valence-corrected chi connectivity index (χ0v) is 20.3. The van der Waals surface area contributed by atoms with Gasteiger partial charge in [-0.25, -0.2) is 9.97 Å². The highest BCUT2D eigenvalue weighted by molar-refractivity contribution is 5.88. The number of benzene rings is 1. The third-order valence-corrected chi connectivity index (χ3v) is 6.03. The summed E-state index contributed by atoms with van der Waals surface area (Å²) >= 11 is 0. The largest absolute Gasteiger partial charge is 0.373 e. The second-order valence-corrected chi connectivity index (χ2v) is 8.59. The highest BCUT2D eigenvalue weighted by atomic mass is 15.3. The molecule has 3 aromatic heterocycles. The topological polar surface area (TPSA) is 62.1 Å². The summed E-state index contributed by atoms with van der Waals surface area (Å²) in [5.74, 6) is 1.98. The van der Waals surface area contributed by atoms with Gasteiger partial charge in [0.2, 0.25) is 0 Å². The molecule has 1 N–H and O–H groups in total. The minimum absolute atomic E-state index is 0.880. The molecule has 1 saturated heterocycles. The van der Waals surface area contributed by atoms with Gasteiger partial charge in [-0.05, 0) is 54.2 Å². The van der Waals surface area contributed by atoms with E-state index in [9.17, 15) is 0 Å². The Morgan fingerprint density at radius 1 is 0.941 bits per heavy atom. The Balaban J connectivity index is 0.000000162. The van der Waals surface area contributed by atoms with Crippen molar-refractivity contribution >= 4 is 22.4 Å². The van der Waals surface area contributed by atoms with Crippen molar-refractivity contribution in [3.05, 3.63) is 79.4 Å². The zero-order valence-electron chi connectivity index (χ0n) is 20.3. The third kappa shape index (κ3) is 5.80. The maximum atomic E-state index is 4.44. The first kappa shape index (κ1) is 23.4. The van der Waals surface area contributed by atoms with Crippen molar-refractivity contribution in [3.63, 3.8) is 0 Å². The molecule has 0 bridgehead atoms. The van der Waals surface area contributed by atoms with E-state index in [-0.39, 0.29) is 0 Å². The Morgan fingerprint density at radius 2 is 1.76 bits per heavy atom. The van der Waals surface area contributed by atoms with Gasteiger partial charge < -0.3 is 15.1 Å². The van der Waals surface area contributed by atoms with Gasteiger partial charge >= 0.3 is 0 Å². The molecule has 4 heterocycles. The van der Waals surface area contributed by atoms with Crippen LogP contribution in [0.1, 0.15) is 5.56 Å². The molecule has 1 aromatic carbocycles. The van der Waals surface area contributed by atoms with E-state index in [4.69, 9.17) is 0 Å². The van der Waals surface area contributed by atoms with Gasteiger partial charge in [0.25, 0.3) is 0 Å². The van der Waals surface area contributed by atoms with E-state index < -0.39 is 0 Å². The van der Waals surface area contributed by atoms with Crippen LogP contribution >= 0.6 is 0 Å². The molecule has 7 heteroatoms. The second kappa shape index (κ2) is 10.9. The van der Waals surface area contributed by atoms with Crippen molar-refractivity contribution in [2.45, 2.75) is 6.42 Å². The number of nitrogens with one attached hydrogen (secondary N) is 1. The summed E-state index contributed by atoms with van der Waals surface area (Å²) in [7, 11) is 5.96. The summed E-state index contributed by atoms with van der Waals surface area (Å²) in [6, 6.07) is 12.6. The predicted octanol–water partition coefficient (Wildman–Crippen LogP) is 4.24. The molecule has 1 aliphatic heterocycles. The van der Waals surface area contributed by atoms with E-state index in [2.05, 4.69) is 80.2 Å². The first-order valence-electron chi connectivity index (χ1n) is 11.6. The SMILES string of the molecule is C=CCc1ccnc(N2CCN(C)CC2)c1.CNc1cc2cc(-c3cnn(C)c3)ccc2cn1. The van der Waals surface area contributed by atoms with Gasteiger partial charge in [-0.3, -0.25) is 4.68 Å². The van der Waals surface area contributed by atoms with Gasteiger partial charge in [0, 0.05) is 69.8 Å². The van der Waals surface area contributed by atoms with Crippen LogP contribution in [0.15, 0.2) is 73.8 Å². The maximum Gasteiger partial charge on any atom is 0.128 e. The lowest BCUT2D eigenvalue weighted by Crippen LogP contribution is -2.44. The number of likely N-dealkylation sites (N-methyl/N-ethyl adjacent to an activating group) is 1. The van der Waals surface area contributed by atoms with Gasteiger partial charge in [-0.1, -0.05) is 18.2 Å².